The topological polar surface area (TPSA) is 113 Å². The summed E-state index contributed by atoms with van der Waals surface area (Å²) in [5.74, 6) is 0.363. The summed E-state index contributed by atoms with van der Waals surface area (Å²) in [7, 11) is -2.30. The van der Waals surface area contributed by atoms with Crippen LogP contribution in [0.3, 0.4) is 0 Å². The van der Waals surface area contributed by atoms with Crippen molar-refractivity contribution in [2.24, 2.45) is 0 Å². The highest BCUT2D eigenvalue weighted by Crippen LogP contribution is 2.44. The average molecular weight is 401 g/mol. The zero-order valence-electron chi connectivity index (χ0n) is 16.0. The molecule has 3 rings (SSSR count). The van der Waals surface area contributed by atoms with E-state index in [2.05, 4.69) is 4.90 Å². The van der Waals surface area contributed by atoms with Crippen molar-refractivity contribution in [3.05, 3.63) is 29.3 Å². The number of esters is 1. The molecule has 0 radical (unpaired) electrons. The van der Waals surface area contributed by atoms with E-state index in [4.69, 9.17) is 14.0 Å². The summed E-state index contributed by atoms with van der Waals surface area (Å²) in [5, 5.41) is 10.8. The van der Waals surface area contributed by atoms with Crippen LogP contribution in [0.5, 0.6) is 5.75 Å². The number of methoxy groups -OCH3 is 1. The molecule has 9 heteroatoms. The van der Waals surface area contributed by atoms with Crippen LogP contribution in [0, 0.1) is 0 Å². The van der Waals surface area contributed by atoms with Gasteiger partial charge in [-0.25, -0.2) is 4.79 Å². The molecule has 1 aromatic rings. The number of hydrogen-bond donors (Lipinski definition) is 2. The number of nitrogens with zero attached hydrogens (tertiary/aromatic N) is 1. The van der Waals surface area contributed by atoms with Gasteiger partial charge in [0.15, 0.2) is 0 Å². The first-order valence-electron chi connectivity index (χ1n) is 8.70. The summed E-state index contributed by atoms with van der Waals surface area (Å²) >= 11 is 0. The summed E-state index contributed by atoms with van der Waals surface area (Å²) in [5.41, 5.74) is 0.699. The van der Waals surface area contributed by atoms with Crippen LogP contribution >= 0.6 is 0 Å². The standard InChI is InChI=1S/C17H23NO4.CH4O3S/c1-17(2)15(19)14(18-8-4-5-9-18)12-10-11(16(20)21-3)6-7-13(12)22-17;1-5(2,3)4/h6-7,10,14-15,19H,4-5,8-9H2,1-3H3;1H3,(H,2,3,4)/t14-,15+;/m1./s1. The number of aliphatic hydroxyl groups is 1. The summed E-state index contributed by atoms with van der Waals surface area (Å²) in [6, 6.07) is 5.16. The fourth-order valence-electron chi connectivity index (χ4n) is 3.43. The highest BCUT2D eigenvalue weighted by Gasteiger charge is 2.46. The van der Waals surface area contributed by atoms with Gasteiger partial charge in [-0.2, -0.15) is 8.42 Å². The van der Waals surface area contributed by atoms with Crippen molar-refractivity contribution in [2.75, 3.05) is 26.5 Å². The Morgan fingerprint density at radius 1 is 1.30 bits per heavy atom. The Bertz CT molecular complexity index is 777. The number of rotatable bonds is 2. The zero-order valence-corrected chi connectivity index (χ0v) is 16.8. The molecule has 2 heterocycles. The molecule has 8 nitrogen and oxygen atoms in total. The molecule has 0 amide bonds. The van der Waals surface area contributed by atoms with E-state index in [-0.39, 0.29) is 12.0 Å². The van der Waals surface area contributed by atoms with Gasteiger partial charge in [0, 0.05) is 5.56 Å². The molecule has 0 bridgehead atoms. The van der Waals surface area contributed by atoms with E-state index in [0.29, 0.717) is 11.8 Å². The number of carbonyl (C=O) groups is 1. The number of hydrogen-bond acceptors (Lipinski definition) is 7. The Labute approximate surface area is 159 Å². The number of ether oxygens (including phenoxy) is 2. The SMILES string of the molecule is COC(=O)c1ccc2c(c1)[C@@H](N1CCCC1)[C@H](O)C(C)(C)O2.CS(=O)(=O)O. The van der Waals surface area contributed by atoms with Gasteiger partial charge in [-0.3, -0.25) is 9.45 Å². The van der Waals surface area contributed by atoms with Crippen LogP contribution in [0.2, 0.25) is 0 Å². The van der Waals surface area contributed by atoms with Crippen molar-refractivity contribution in [1.82, 2.24) is 4.90 Å². The molecule has 2 aliphatic heterocycles. The molecule has 27 heavy (non-hydrogen) atoms. The van der Waals surface area contributed by atoms with E-state index in [1.165, 1.54) is 7.11 Å². The molecule has 0 unspecified atom stereocenters. The second kappa shape index (κ2) is 8.14. The first kappa shape index (κ1) is 21.6. The fourth-order valence-corrected chi connectivity index (χ4v) is 3.43. The number of aliphatic hydroxyl groups excluding tert-OH is 1. The van der Waals surface area contributed by atoms with E-state index in [0.717, 1.165) is 37.2 Å². The Hall–Kier alpha value is -1.68. The van der Waals surface area contributed by atoms with Crippen molar-refractivity contribution >= 4 is 16.1 Å². The quantitative estimate of drug-likeness (QED) is 0.568. The van der Waals surface area contributed by atoms with Crippen molar-refractivity contribution in [3.63, 3.8) is 0 Å². The number of fused-ring (bicyclic) bond motifs is 1. The van der Waals surface area contributed by atoms with Gasteiger partial charge in [-0.05, 0) is 58.0 Å². The number of carbonyl (C=O) groups excluding carboxylic acids is 1. The van der Waals surface area contributed by atoms with E-state index in [9.17, 15) is 18.3 Å². The van der Waals surface area contributed by atoms with Gasteiger partial charge in [-0.15, -0.1) is 0 Å². The zero-order chi connectivity index (χ0) is 20.4. The predicted octanol–water partition coefficient (Wildman–Crippen LogP) is 1.65. The van der Waals surface area contributed by atoms with Gasteiger partial charge in [0.05, 0.1) is 25.0 Å². The van der Waals surface area contributed by atoms with Gasteiger partial charge in [0.25, 0.3) is 10.1 Å². The minimum atomic E-state index is -3.67. The minimum absolute atomic E-state index is 0.147. The van der Waals surface area contributed by atoms with Crippen LogP contribution in [-0.2, 0) is 14.9 Å². The molecule has 0 aliphatic carbocycles. The molecule has 0 aromatic heterocycles. The Kier molecular flexibility index (Phi) is 6.51. The van der Waals surface area contributed by atoms with Crippen molar-refractivity contribution in [2.45, 2.75) is 44.4 Å². The van der Waals surface area contributed by atoms with Crippen LogP contribution in [0.15, 0.2) is 18.2 Å². The lowest BCUT2D eigenvalue weighted by molar-refractivity contribution is -0.0895. The average Bonchev–Trinajstić information content (AvgIpc) is 3.07. The second-order valence-corrected chi connectivity index (χ2v) is 8.78. The lowest BCUT2D eigenvalue weighted by Crippen LogP contribution is -2.53. The summed E-state index contributed by atoms with van der Waals surface area (Å²) < 4.78 is 36.6. The Morgan fingerprint density at radius 3 is 2.37 bits per heavy atom. The molecule has 0 saturated carbocycles. The second-order valence-electron chi connectivity index (χ2n) is 7.32. The normalized spacial score (nSPS) is 24.2. The number of likely N-dealkylation sites (tertiary alicyclic amines) is 1. The molecule has 1 fully saturated rings. The molecule has 152 valence electrons. The van der Waals surface area contributed by atoms with Crippen LogP contribution in [-0.4, -0.2) is 67.1 Å². The third-order valence-corrected chi connectivity index (χ3v) is 4.67. The Morgan fingerprint density at radius 2 is 1.85 bits per heavy atom. The molecule has 1 saturated heterocycles. The van der Waals surface area contributed by atoms with Gasteiger partial charge in [0.2, 0.25) is 0 Å². The van der Waals surface area contributed by atoms with Gasteiger partial charge >= 0.3 is 5.97 Å². The monoisotopic (exact) mass is 401 g/mol. The predicted molar refractivity (Wildman–Crippen MR) is 99.5 cm³/mol. The minimum Gasteiger partial charge on any atom is -0.485 e. The molecule has 2 atom stereocenters. The van der Waals surface area contributed by atoms with Gasteiger partial charge < -0.3 is 14.6 Å². The summed E-state index contributed by atoms with van der Waals surface area (Å²) in [6.45, 7) is 5.72. The van der Waals surface area contributed by atoms with Crippen LogP contribution in [0.4, 0.5) is 0 Å². The van der Waals surface area contributed by atoms with Crippen molar-refractivity contribution in [3.8, 4) is 5.75 Å². The summed E-state index contributed by atoms with van der Waals surface area (Å²) in [4.78, 5) is 14.1. The number of benzene rings is 1. The van der Waals surface area contributed by atoms with E-state index in [1.807, 2.05) is 13.8 Å². The van der Waals surface area contributed by atoms with E-state index < -0.39 is 21.8 Å². The van der Waals surface area contributed by atoms with Crippen molar-refractivity contribution < 1.29 is 32.3 Å². The summed E-state index contributed by atoms with van der Waals surface area (Å²) in [6.07, 6.45) is 2.34. The smallest absolute Gasteiger partial charge is 0.337 e. The molecular formula is C18H27NO7S. The lowest BCUT2D eigenvalue weighted by Gasteiger charge is -2.45. The maximum absolute atomic E-state index is 11.8. The fraction of sp³-hybridized carbons (Fsp3) is 0.611. The van der Waals surface area contributed by atoms with Gasteiger partial charge in [0.1, 0.15) is 17.5 Å². The molecule has 1 aromatic carbocycles. The molecular weight excluding hydrogens is 374 g/mol. The lowest BCUT2D eigenvalue weighted by atomic mass is 9.85. The first-order chi connectivity index (χ1) is 12.4. The van der Waals surface area contributed by atoms with E-state index in [1.54, 1.807) is 18.2 Å². The van der Waals surface area contributed by atoms with E-state index >= 15 is 0 Å². The largest absolute Gasteiger partial charge is 0.485 e. The van der Waals surface area contributed by atoms with Crippen molar-refractivity contribution in [1.29, 1.82) is 0 Å². The third-order valence-electron chi connectivity index (χ3n) is 4.67. The maximum atomic E-state index is 11.8. The first-order valence-corrected chi connectivity index (χ1v) is 10.5. The molecule has 2 aliphatic rings. The van der Waals surface area contributed by atoms with Crippen LogP contribution in [0.1, 0.15) is 48.7 Å². The Balaban J connectivity index is 0.000000465. The maximum Gasteiger partial charge on any atom is 0.337 e. The molecule has 0 spiro atoms. The molecule has 2 N–H and O–H groups in total. The van der Waals surface area contributed by atoms with Crippen LogP contribution in [0.25, 0.3) is 0 Å². The highest BCUT2D eigenvalue weighted by atomic mass is 32.2. The highest BCUT2D eigenvalue weighted by molar-refractivity contribution is 7.85. The third kappa shape index (κ3) is 5.41. The van der Waals surface area contributed by atoms with Gasteiger partial charge in [-0.1, -0.05) is 0 Å². The van der Waals surface area contributed by atoms with Crippen LogP contribution < -0.4 is 4.74 Å².